The second-order valence-corrected chi connectivity index (χ2v) is 9.23. The van der Waals surface area contributed by atoms with Gasteiger partial charge in [-0.25, -0.2) is 0 Å². The quantitative estimate of drug-likeness (QED) is 0.227. The first-order valence-corrected chi connectivity index (χ1v) is 12.3. The van der Waals surface area contributed by atoms with Crippen molar-refractivity contribution in [2.75, 3.05) is 6.54 Å². The molecule has 4 heteroatoms. The molecule has 2 aliphatic carbocycles. The Kier molecular flexibility index (Phi) is 11.4. The summed E-state index contributed by atoms with van der Waals surface area (Å²) < 4.78 is 0. The number of carboxylic acid groups (broad SMARTS) is 1. The van der Waals surface area contributed by atoms with Crippen molar-refractivity contribution in [2.45, 2.75) is 103 Å². The Hall–Kier alpha value is -1.32. The maximum atomic E-state index is 12.5. The molecule has 0 aromatic carbocycles. The molecule has 29 heavy (non-hydrogen) atoms. The first-order valence-electron chi connectivity index (χ1n) is 12.3. The Morgan fingerprint density at radius 1 is 0.759 bits per heavy atom. The number of fused-ring (bicyclic) bond motifs is 2. The molecule has 4 atom stereocenters. The van der Waals surface area contributed by atoms with E-state index in [4.69, 9.17) is 0 Å². The molecule has 1 fully saturated rings. The summed E-state index contributed by atoms with van der Waals surface area (Å²) in [5, 5.41) is 12.4. The second kappa shape index (κ2) is 13.8. The third-order valence-electron chi connectivity index (χ3n) is 6.88. The van der Waals surface area contributed by atoms with Gasteiger partial charge in [0.15, 0.2) is 0 Å². The van der Waals surface area contributed by atoms with Gasteiger partial charge in [0.1, 0.15) is 0 Å². The van der Waals surface area contributed by atoms with Crippen LogP contribution in [0.4, 0.5) is 0 Å². The lowest BCUT2D eigenvalue weighted by Gasteiger charge is -2.23. The van der Waals surface area contributed by atoms with E-state index < -0.39 is 11.9 Å². The van der Waals surface area contributed by atoms with Gasteiger partial charge in [-0.05, 0) is 24.7 Å². The fraction of sp³-hybridized carbons (Fsp3) is 0.840. The van der Waals surface area contributed by atoms with E-state index in [0.717, 1.165) is 19.3 Å². The van der Waals surface area contributed by atoms with Gasteiger partial charge in [-0.1, -0.05) is 103 Å². The molecule has 0 aromatic heterocycles. The zero-order valence-electron chi connectivity index (χ0n) is 18.5. The molecular formula is C25H43NO3. The molecular weight excluding hydrogens is 362 g/mol. The summed E-state index contributed by atoms with van der Waals surface area (Å²) in [7, 11) is 0. The van der Waals surface area contributed by atoms with E-state index in [-0.39, 0.29) is 23.7 Å². The number of carbonyl (C=O) groups is 2. The van der Waals surface area contributed by atoms with Gasteiger partial charge in [-0.2, -0.15) is 0 Å². The van der Waals surface area contributed by atoms with Gasteiger partial charge in [0.05, 0.1) is 11.8 Å². The fourth-order valence-corrected chi connectivity index (χ4v) is 5.17. The van der Waals surface area contributed by atoms with Gasteiger partial charge in [0, 0.05) is 6.54 Å². The maximum Gasteiger partial charge on any atom is 0.307 e. The maximum absolute atomic E-state index is 12.5. The Balaban J connectivity index is 1.40. The summed E-state index contributed by atoms with van der Waals surface area (Å²) in [5.74, 6) is -1.59. The molecule has 1 amide bonds. The Labute approximate surface area is 177 Å². The summed E-state index contributed by atoms with van der Waals surface area (Å²) in [6.07, 6.45) is 23.4. The number of carbonyl (C=O) groups excluding carboxylic acids is 1. The number of nitrogens with one attached hydrogen (secondary N) is 1. The molecule has 0 aromatic rings. The van der Waals surface area contributed by atoms with Crippen molar-refractivity contribution >= 4 is 11.9 Å². The van der Waals surface area contributed by atoms with Gasteiger partial charge in [-0.15, -0.1) is 0 Å². The number of hydrogen-bond acceptors (Lipinski definition) is 2. The minimum absolute atomic E-state index is 0.0503. The van der Waals surface area contributed by atoms with E-state index in [2.05, 4.69) is 12.2 Å². The van der Waals surface area contributed by atoms with Crippen molar-refractivity contribution in [1.29, 1.82) is 0 Å². The highest BCUT2D eigenvalue weighted by atomic mass is 16.4. The minimum Gasteiger partial charge on any atom is -0.481 e. The van der Waals surface area contributed by atoms with Crippen LogP contribution < -0.4 is 5.32 Å². The summed E-state index contributed by atoms with van der Waals surface area (Å²) >= 11 is 0. The van der Waals surface area contributed by atoms with Crippen LogP contribution in [-0.2, 0) is 9.59 Å². The van der Waals surface area contributed by atoms with Crippen LogP contribution in [-0.4, -0.2) is 23.5 Å². The van der Waals surface area contributed by atoms with Gasteiger partial charge in [0.25, 0.3) is 0 Å². The van der Waals surface area contributed by atoms with Crippen LogP contribution in [0.5, 0.6) is 0 Å². The molecule has 1 saturated carbocycles. The number of carboxylic acids is 1. The van der Waals surface area contributed by atoms with Crippen LogP contribution in [0.2, 0.25) is 0 Å². The number of aliphatic carboxylic acids is 1. The van der Waals surface area contributed by atoms with E-state index in [1.807, 2.05) is 12.2 Å². The molecule has 0 radical (unpaired) electrons. The zero-order valence-corrected chi connectivity index (χ0v) is 18.5. The largest absolute Gasteiger partial charge is 0.481 e. The second-order valence-electron chi connectivity index (χ2n) is 9.23. The Morgan fingerprint density at radius 2 is 1.21 bits per heavy atom. The highest BCUT2D eigenvalue weighted by Crippen LogP contribution is 2.48. The van der Waals surface area contributed by atoms with Crippen molar-refractivity contribution in [2.24, 2.45) is 23.7 Å². The predicted molar refractivity (Wildman–Crippen MR) is 119 cm³/mol. The lowest BCUT2D eigenvalue weighted by atomic mass is 9.82. The number of hydrogen-bond donors (Lipinski definition) is 2. The van der Waals surface area contributed by atoms with Crippen molar-refractivity contribution in [3.8, 4) is 0 Å². The third kappa shape index (κ3) is 8.14. The van der Waals surface area contributed by atoms with E-state index in [9.17, 15) is 14.7 Å². The molecule has 0 saturated heterocycles. The molecule has 0 spiro atoms. The molecule has 0 heterocycles. The summed E-state index contributed by atoms with van der Waals surface area (Å²) in [5.41, 5.74) is 0. The smallest absolute Gasteiger partial charge is 0.307 e. The average molecular weight is 406 g/mol. The topological polar surface area (TPSA) is 66.4 Å². The molecule has 0 unspecified atom stereocenters. The molecule has 2 aliphatic rings. The number of unbranched alkanes of at least 4 members (excludes halogenated alkanes) is 13. The molecule has 166 valence electrons. The van der Waals surface area contributed by atoms with Gasteiger partial charge >= 0.3 is 5.97 Å². The van der Waals surface area contributed by atoms with Crippen molar-refractivity contribution in [3.63, 3.8) is 0 Å². The van der Waals surface area contributed by atoms with E-state index in [1.165, 1.54) is 77.0 Å². The standard InChI is InChI=1S/C25H43NO3/c1-2-3-4-5-6-7-8-9-10-11-12-13-14-15-18-26-24(27)22-20-16-17-21(19-20)23(22)25(28)29/h16-17,20-23H,2-15,18-19H2,1H3,(H,26,27)(H,28,29)/t20-,21+,22+,23+/m0/s1. The van der Waals surface area contributed by atoms with Crippen LogP contribution in [0.25, 0.3) is 0 Å². The average Bonchev–Trinajstić information content (AvgIpc) is 3.32. The predicted octanol–water partition coefficient (Wildman–Crippen LogP) is 6.11. The van der Waals surface area contributed by atoms with E-state index >= 15 is 0 Å². The summed E-state index contributed by atoms with van der Waals surface area (Å²) in [6.45, 7) is 2.95. The van der Waals surface area contributed by atoms with Crippen LogP contribution in [0.15, 0.2) is 12.2 Å². The molecule has 0 aliphatic heterocycles. The van der Waals surface area contributed by atoms with Crippen LogP contribution in [0.3, 0.4) is 0 Å². The highest BCUT2D eigenvalue weighted by molar-refractivity contribution is 5.86. The van der Waals surface area contributed by atoms with Crippen LogP contribution in [0.1, 0.15) is 103 Å². The first-order chi connectivity index (χ1) is 14.1. The minimum atomic E-state index is -0.821. The van der Waals surface area contributed by atoms with E-state index in [0.29, 0.717) is 6.54 Å². The number of amides is 1. The van der Waals surface area contributed by atoms with Gasteiger partial charge in [0.2, 0.25) is 5.91 Å². The molecule has 2 N–H and O–H groups in total. The SMILES string of the molecule is CCCCCCCCCCCCCCCCNC(=O)[C@H]1[C@H](C(=O)O)[C@@H]2C=C[C@H]1C2. The molecule has 2 rings (SSSR count). The number of allylic oxidation sites excluding steroid dienone is 2. The first kappa shape index (κ1) is 24.0. The molecule has 4 nitrogen and oxygen atoms in total. The van der Waals surface area contributed by atoms with Gasteiger partial charge in [-0.3, -0.25) is 9.59 Å². The lowest BCUT2D eigenvalue weighted by molar-refractivity contribution is -0.147. The number of rotatable bonds is 17. The normalized spacial score (nSPS) is 24.9. The highest BCUT2D eigenvalue weighted by Gasteiger charge is 2.51. The third-order valence-corrected chi connectivity index (χ3v) is 6.88. The van der Waals surface area contributed by atoms with Gasteiger partial charge < -0.3 is 10.4 Å². The van der Waals surface area contributed by atoms with Crippen molar-refractivity contribution in [1.82, 2.24) is 5.32 Å². The van der Waals surface area contributed by atoms with Crippen molar-refractivity contribution in [3.05, 3.63) is 12.2 Å². The van der Waals surface area contributed by atoms with Crippen molar-refractivity contribution < 1.29 is 14.7 Å². The Morgan fingerprint density at radius 3 is 1.69 bits per heavy atom. The summed E-state index contributed by atoms with van der Waals surface area (Å²) in [6, 6.07) is 0. The Bertz CT molecular complexity index is 516. The van der Waals surface area contributed by atoms with Crippen LogP contribution >= 0.6 is 0 Å². The van der Waals surface area contributed by atoms with E-state index in [1.54, 1.807) is 0 Å². The monoisotopic (exact) mass is 405 g/mol. The summed E-state index contributed by atoms with van der Waals surface area (Å²) in [4.78, 5) is 24.0. The van der Waals surface area contributed by atoms with Crippen LogP contribution in [0, 0.1) is 23.7 Å². The zero-order chi connectivity index (χ0) is 20.9. The molecule has 2 bridgehead atoms. The lowest BCUT2D eigenvalue weighted by Crippen LogP contribution is -2.40. The fourth-order valence-electron chi connectivity index (χ4n) is 5.17.